The number of aryl methyl sites for hydroxylation is 2. The van der Waals surface area contributed by atoms with Gasteiger partial charge in [0.2, 0.25) is 0 Å². The number of hydrogen-bond acceptors (Lipinski definition) is 4. The fourth-order valence-electron chi connectivity index (χ4n) is 3.17. The average Bonchev–Trinajstić information content (AvgIpc) is 3.26. The van der Waals surface area contributed by atoms with Crippen molar-refractivity contribution in [3.63, 3.8) is 0 Å². The van der Waals surface area contributed by atoms with E-state index >= 15 is 0 Å². The SMILES string of the molecule is Cc1ccn2cc(C(=O)N3CCN(C(=O)c4ccc(C)s4)CC3)nc2c1. The van der Waals surface area contributed by atoms with E-state index in [0.29, 0.717) is 31.9 Å². The Bertz CT molecular complexity index is 983. The third-order valence-electron chi connectivity index (χ3n) is 4.64. The van der Waals surface area contributed by atoms with Gasteiger partial charge in [-0.1, -0.05) is 0 Å². The Balaban J connectivity index is 1.43. The maximum Gasteiger partial charge on any atom is 0.274 e. The predicted octanol–water partition coefficient (Wildman–Crippen LogP) is 2.61. The predicted molar refractivity (Wildman–Crippen MR) is 101 cm³/mol. The molecule has 2 amide bonds. The molecule has 0 aliphatic carbocycles. The average molecular weight is 368 g/mol. The first-order valence-electron chi connectivity index (χ1n) is 8.61. The number of imidazole rings is 1. The highest BCUT2D eigenvalue weighted by Gasteiger charge is 2.27. The van der Waals surface area contributed by atoms with Crippen molar-refractivity contribution in [2.45, 2.75) is 13.8 Å². The molecule has 1 saturated heterocycles. The lowest BCUT2D eigenvalue weighted by Crippen LogP contribution is -2.50. The van der Waals surface area contributed by atoms with Gasteiger partial charge >= 0.3 is 0 Å². The molecule has 0 N–H and O–H groups in total. The number of rotatable bonds is 2. The van der Waals surface area contributed by atoms with Gasteiger partial charge in [-0.2, -0.15) is 0 Å². The van der Waals surface area contributed by atoms with Gasteiger partial charge in [0.1, 0.15) is 11.3 Å². The Kier molecular flexibility index (Phi) is 4.24. The zero-order valence-corrected chi connectivity index (χ0v) is 15.6. The molecule has 0 spiro atoms. The minimum Gasteiger partial charge on any atom is -0.334 e. The first kappa shape index (κ1) is 16.8. The van der Waals surface area contributed by atoms with Crippen LogP contribution in [0.1, 0.15) is 30.6 Å². The normalized spacial score (nSPS) is 14.8. The van der Waals surface area contributed by atoms with Crippen LogP contribution in [-0.4, -0.2) is 57.2 Å². The lowest BCUT2D eigenvalue weighted by atomic mass is 10.2. The Morgan fingerprint density at radius 2 is 1.69 bits per heavy atom. The molecule has 0 radical (unpaired) electrons. The highest BCUT2D eigenvalue weighted by atomic mass is 32.1. The maximum absolute atomic E-state index is 12.8. The van der Waals surface area contributed by atoms with Crippen LogP contribution in [0.4, 0.5) is 0 Å². The summed E-state index contributed by atoms with van der Waals surface area (Å²) in [5.74, 6) is -0.0242. The van der Waals surface area contributed by atoms with Crippen LogP contribution < -0.4 is 0 Å². The van der Waals surface area contributed by atoms with Crippen molar-refractivity contribution < 1.29 is 9.59 Å². The molecule has 0 bridgehead atoms. The smallest absolute Gasteiger partial charge is 0.274 e. The molecule has 4 rings (SSSR count). The molecule has 134 valence electrons. The van der Waals surface area contributed by atoms with Crippen molar-refractivity contribution in [1.29, 1.82) is 0 Å². The Morgan fingerprint density at radius 3 is 2.35 bits per heavy atom. The monoisotopic (exact) mass is 368 g/mol. The van der Waals surface area contributed by atoms with Gasteiger partial charge in [0.15, 0.2) is 0 Å². The van der Waals surface area contributed by atoms with Gasteiger partial charge in [-0.15, -0.1) is 11.3 Å². The molecular weight excluding hydrogens is 348 g/mol. The number of pyridine rings is 1. The summed E-state index contributed by atoms with van der Waals surface area (Å²) in [6.45, 7) is 6.15. The maximum atomic E-state index is 12.8. The van der Waals surface area contributed by atoms with E-state index in [0.717, 1.165) is 21.0 Å². The molecule has 1 aliphatic rings. The highest BCUT2D eigenvalue weighted by Crippen LogP contribution is 2.19. The van der Waals surface area contributed by atoms with Crippen molar-refractivity contribution in [1.82, 2.24) is 19.2 Å². The second-order valence-electron chi connectivity index (χ2n) is 6.59. The lowest BCUT2D eigenvalue weighted by Gasteiger charge is -2.34. The summed E-state index contributed by atoms with van der Waals surface area (Å²) in [7, 11) is 0. The molecule has 3 aromatic heterocycles. The molecule has 4 heterocycles. The molecular formula is C19H20N4O2S. The van der Waals surface area contributed by atoms with Crippen LogP contribution in [0, 0.1) is 13.8 Å². The third kappa shape index (κ3) is 3.10. The van der Waals surface area contributed by atoms with Gasteiger partial charge < -0.3 is 14.2 Å². The van der Waals surface area contributed by atoms with Crippen molar-refractivity contribution in [3.8, 4) is 0 Å². The number of amides is 2. The first-order chi connectivity index (χ1) is 12.5. The minimum absolute atomic E-state index is 0.0541. The second-order valence-corrected chi connectivity index (χ2v) is 7.88. The van der Waals surface area contributed by atoms with Crippen LogP contribution in [0.25, 0.3) is 5.65 Å². The Labute approximate surface area is 155 Å². The van der Waals surface area contributed by atoms with E-state index in [-0.39, 0.29) is 11.8 Å². The van der Waals surface area contributed by atoms with E-state index in [4.69, 9.17) is 0 Å². The van der Waals surface area contributed by atoms with Gasteiger partial charge in [-0.05, 0) is 43.7 Å². The van der Waals surface area contributed by atoms with Crippen LogP contribution in [0.5, 0.6) is 0 Å². The summed E-state index contributed by atoms with van der Waals surface area (Å²) in [6, 6.07) is 7.78. The van der Waals surface area contributed by atoms with E-state index in [2.05, 4.69) is 4.98 Å². The summed E-state index contributed by atoms with van der Waals surface area (Å²) in [4.78, 5) is 35.2. The van der Waals surface area contributed by atoms with E-state index in [1.54, 1.807) is 11.1 Å². The molecule has 6 nitrogen and oxygen atoms in total. The topological polar surface area (TPSA) is 57.9 Å². The Morgan fingerprint density at radius 1 is 1.00 bits per heavy atom. The zero-order chi connectivity index (χ0) is 18.3. The molecule has 3 aromatic rings. The van der Waals surface area contributed by atoms with Gasteiger partial charge in [0, 0.05) is 43.4 Å². The van der Waals surface area contributed by atoms with E-state index in [1.165, 1.54) is 11.3 Å². The number of nitrogens with zero attached hydrogens (tertiary/aromatic N) is 4. The minimum atomic E-state index is -0.0783. The summed E-state index contributed by atoms with van der Waals surface area (Å²) in [5, 5.41) is 0. The number of fused-ring (bicyclic) bond motifs is 1. The fraction of sp³-hybridized carbons (Fsp3) is 0.316. The van der Waals surface area contributed by atoms with E-state index in [9.17, 15) is 9.59 Å². The number of hydrogen-bond donors (Lipinski definition) is 0. The summed E-state index contributed by atoms with van der Waals surface area (Å²) >= 11 is 1.51. The number of aromatic nitrogens is 2. The molecule has 26 heavy (non-hydrogen) atoms. The summed E-state index contributed by atoms with van der Waals surface area (Å²) in [5.41, 5.74) is 2.33. The number of carbonyl (C=O) groups is 2. The van der Waals surface area contributed by atoms with Gasteiger partial charge in [0.25, 0.3) is 11.8 Å². The molecule has 0 aromatic carbocycles. The summed E-state index contributed by atoms with van der Waals surface area (Å²) in [6.07, 6.45) is 3.68. The standard InChI is InChI=1S/C19H20N4O2S/c1-13-5-6-23-12-15(20-17(23)11-13)18(24)21-7-9-22(10-8-21)19(25)16-4-3-14(2)26-16/h3-6,11-12H,7-10H2,1-2H3. The number of carbonyl (C=O) groups excluding carboxylic acids is 2. The zero-order valence-electron chi connectivity index (χ0n) is 14.8. The fourth-order valence-corrected chi connectivity index (χ4v) is 4.00. The third-order valence-corrected chi connectivity index (χ3v) is 5.63. The Hall–Kier alpha value is -2.67. The molecule has 0 unspecified atom stereocenters. The molecule has 1 aliphatic heterocycles. The van der Waals surface area contributed by atoms with Gasteiger partial charge in [-0.25, -0.2) is 4.98 Å². The van der Waals surface area contributed by atoms with Crippen molar-refractivity contribution >= 4 is 28.8 Å². The largest absolute Gasteiger partial charge is 0.334 e. The van der Waals surface area contributed by atoms with E-state index < -0.39 is 0 Å². The summed E-state index contributed by atoms with van der Waals surface area (Å²) < 4.78 is 1.86. The van der Waals surface area contributed by atoms with Crippen LogP contribution in [0.15, 0.2) is 36.7 Å². The van der Waals surface area contributed by atoms with Crippen molar-refractivity contribution in [3.05, 3.63) is 57.7 Å². The van der Waals surface area contributed by atoms with Crippen LogP contribution in [-0.2, 0) is 0 Å². The molecule has 1 fully saturated rings. The highest BCUT2D eigenvalue weighted by molar-refractivity contribution is 7.13. The van der Waals surface area contributed by atoms with Crippen LogP contribution >= 0.6 is 11.3 Å². The van der Waals surface area contributed by atoms with Crippen LogP contribution in [0.3, 0.4) is 0 Å². The van der Waals surface area contributed by atoms with Crippen molar-refractivity contribution in [2.24, 2.45) is 0 Å². The lowest BCUT2D eigenvalue weighted by molar-refractivity contribution is 0.0535. The first-order valence-corrected chi connectivity index (χ1v) is 9.43. The van der Waals surface area contributed by atoms with Gasteiger partial charge in [-0.3, -0.25) is 9.59 Å². The van der Waals surface area contributed by atoms with Gasteiger partial charge in [0.05, 0.1) is 4.88 Å². The van der Waals surface area contributed by atoms with Crippen molar-refractivity contribution in [2.75, 3.05) is 26.2 Å². The van der Waals surface area contributed by atoms with Crippen LogP contribution in [0.2, 0.25) is 0 Å². The molecule has 0 saturated carbocycles. The molecule has 0 atom stereocenters. The molecule has 7 heteroatoms. The van der Waals surface area contributed by atoms with E-state index in [1.807, 2.05) is 53.6 Å². The quantitative estimate of drug-likeness (QED) is 0.699. The number of piperazine rings is 1. The number of thiophene rings is 1. The second kappa shape index (κ2) is 6.57.